The number of fused-ring (bicyclic) bond motifs is 1. The summed E-state index contributed by atoms with van der Waals surface area (Å²) in [5.41, 5.74) is 1.13. The van der Waals surface area contributed by atoms with Crippen LogP contribution >= 0.6 is 11.3 Å². The summed E-state index contributed by atoms with van der Waals surface area (Å²) in [6.45, 7) is 0.765. The van der Waals surface area contributed by atoms with Gasteiger partial charge in [-0.2, -0.15) is 13.2 Å². The van der Waals surface area contributed by atoms with Crippen LogP contribution in [0.15, 0.2) is 53.0 Å². The van der Waals surface area contributed by atoms with E-state index >= 15 is 0 Å². The Bertz CT molecular complexity index is 1270. The molecule has 0 atom stereocenters. The standard InChI is InChI=1S/C21H17F3N2O4S2/c1-32(28,29)20-25-11-18(31-20)19(27)26-9-8-13-2-5-17(10-14(13)12-26)30-16-6-3-15(4-7-16)21(22,23)24/h2-7,10-11H,8-9,12H2,1H3. The van der Waals surface area contributed by atoms with Crippen LogP contribution in [0.25, 0.3) is 0 Å². The van der Waals surface area contributed by atoms with Crippen LogP contribution in [-0.4, -0.2) is 37.0 Å². The molecule has 0 fully saturated rings. The summed E-state index contributed by atoms with van der Waals surface area (Å²) in [5, 5.41) is 0. The number of carbonyl (C=O) groups excluding carboxylic acids is 1. The summed E-state index contributed by atoms with van der Waals surface area (Å²) >= 11 is 0.836. The Morgan fingerprint density at radius 1 is 1.09 bits per heavy atom. The number of ether oxygens (including phenoxy) is 1. The van der Waals surface area contributed by atoms with Gasteiger partial charge in [0.1, 0.15) is 16.4 Å². The third kappa shape index (κ3) is 4.78. The molecule has 1 aromatic heterocycles. The second-order valence-electron chi connectivity index (χ2n) is 7.29. The lowest BCUT2D eigenvalue weighted by atomic mass is 9.99. The highest BCUT2D eigenvalue weighted by atomic mass is 32.2. The zero-order valence-electron chi connectivity index (χ0n) is 16.7. The van der Waals surface area contributed by atoms with E-state index in [1.165, 1.54) is 18.3 Å². The molecule has 0 radical (unpaired) electrons. The van der Waals surface area contributed by atoms with Crippen molar-refractivity contribution in [3.05, 3.63) is 70.2 Å². The third-order valence-corrected chi connectivity index (χ3v) is 7.59. The number of rotatable bonds is 4. The van der Waals surface area contributed by atoms with Gasteiger partial charge in [0.2, 0.25) is 14.2 Å². The smallest absolute Gasteiger partial charge is 0.416 e. The zero-order valence-corrected chi connectivity index (χ0v) is 18.4. The molecule has 0 aliphatic carbocycles. The normalized spacial score (nSPS) is 14.2. The molecular weight excluding hydrogens is 465 g/mol. The number of hydrogen-bond acceptors (Lipinski definition) is 6. The van der Waals surface area contributed by atoms with Gasteiger partial charge in [0.05, 0.1) is 11.8 Å². The summed E-state index contributed by atoms with van der Waals surface area (Å²) in [7, 11) is -3.48. The largest absolute Gasteiger partial charge is 0.457 e. The number of nitrogens with zero attached hydrogens (tertiary/aromatic N) is 2. The van der Waals surface area contributed by atoms with Gasteiger partial charge in [0.15, 0.2) is 0 Å². The van der Waals surface area contributed by atoms with E-state index in [4.69, 9.17) is 4.74 Å². The van der Waals surface area contributed by atoms with Crippen LogP contribution in [0.4, 0.5) is 13.2 Å². The number of halogens is 3. The first kappa shape index (κ1) is 22.3. The molecule has 2 heterocycles. The molecule has 1 aliphatic rings. The molecule has 32 heavy (non-hydrogen) atoms. The predicted octanol–water partition coefficient (Wildman–Crippen LogP) is 4.56. The first-order valence-electron chi connectivity index (χ1n) is 9.43. The molecular formula is C21H17F3N2O4S2. The second-order valence-corrected chi connectivity index (χ2v) is 10.5. The van der Waals surface area contributed by atoms with Gasteiger partial charge in [0.25, 0.3) is 5.91 Å². The lowest BCUT2D eigenvalue weighted by Crippen LogP contribution is -2.35. The summed E-state index contributed by atoms with van der Waals surface area (Å²) < 4.78 is 67.0. The number of carbonyl (C=O) groups is 1. The van der Waals surface area contributed by atoms with Gasteiger partial charge >= 0.3 is 6.18 Å². The average molecular weight is 483 g/mol. The van der Waals surface area contributed by atoms with E-state index < -0.39 is 21.6 Å². The monoisotopic (exact) mass is 482 g/mol. The molecule has 168 valence electrons. The molecule has 0 unspecified atom stereocenters. The average Bonchev–Trinajstić information content (AvgIpc) is 3.23. The number of thiazole rings is 1. The van der Waals surface area contributed by atoms with Crippen LogP contribution in [0.2, 0.25) is 0 Å². The van der Waals surface area contributed by atoms with E-state index in [0.29, 0.717) is 25.3 Å². The highest BCUT2D eigenvalue weighted by Gasteiger charge is 2.30. The fourth-order valence-electron chi connectivity index (χ4n) is 3.30. The molecule has 4 rings (SSSR count). The summed E-state index contributed by atoms with van der Waals surface area (Å²) in [5.74, 6) is 0.395. The quantitative estimate of drug-likeness (QED) is 0.545. The number of benzene rings is 2. The maximum absolute atomic E-state index is 12.8. The SMILES string of the molecule is CS(=O)(=O)c1ncc(C(=O)N2CCc3ccc(Oc4ccc(C(F)(F)F)cc4)cc3C2)s1. The van der Waals surface area contributed by atoms with E-state index in [1.54, 1.807) is 17.0 Å². The third-order valence-electron chi connectivity index (χ3n) is 4.91. The Morgan fingerprint density at radius 2 is 1.78 bits per heavy atom. The molecule has 1 aliphatic heterocycles. The Morgan fingerprint density at radius 3 is 2.41 bits per heavy atom. The number of sulfone groups is 1. The van der Waals surface area contributed by atoms with Crippen LogP contribution in [0.5, 0.6) is 11.5 Å². The Kier molecular flexibility index (Phi) is 5.72. The molecule has 0 bridgehead atoms. The van der Waals surface area contributed by atoms with Crippen molar-refractivity contribution in [2.24, 2.45) is 0 Å². The summed E-state index contributed by atoms with van der Waals surface area (Å²) in [4.78, 5) is 18.5. The Balaban J connectivity index is 1.49. The summed E-state index contributed by atoms with van der Waals surface area (Å²) in [6.07, 6.45) is -1.50. The van der Waals surface area contributed by atoms with Crippen LogP contribution in [0.3, 0.4) is 0 Å². The summed E-state index contributed by atoms with van der Waals surface area (Å²) in [6, 6.07) is 9.76. The van der Waals surface area contributed by atoms with Gasteiger partial charge in [-0.1, -0.05) is 17.4 Å². The van der Waals surface area contributed by atoms with Crippen molar-refractivity contribution < 1.29 is 31.1 Å². The molecule has 2 aromatic carbocycles. The Labute approximate surface area is 186 Å². The van der Waals surface area contributed by atoms with Crippen LogP contribution in [0, 0.1) is 0 Å². The van der Waals surface area contributed by atoms with Crippen molar-refractivity contribution in [2.75, 3.05) is 12.8 Å². The number of hydrogen-bond donors (Lipinski definition) is 0. The first-order valence-corrected chi connectivity index (χ1v) is 12.1. The number of aromatic nitrogens is 1. The van der Waals surface area contributed by atoms with Crippen LogP contribution in [-0.2, 0) is 29.0 Å². The molecule has 0 spiro atoms. The van der Waals surface area contributed by atoms with Crippen LogP contribution in [0.1, 0.15) is 26.4 Å². The van der Waals surface area contributed by atoms with E-state index in [2.05, 4.69) is 4.98 Å². The highest BCUT2D eigenvalue weighted by molar-refractivity contribution is 7.92. The molecule has 0 saturated carbocycles. The molecule has 3 aromatic rings. The van der Waals surface area contributed by atoms with Gasteiger partial charge in [-0.25, -0.2) is 13.4 Å². The lowest BCUT2D eigenvalue weighted by molar-refractivity contribution is -0.137. The molecule has 6 nitrogen and oxygen atoms in total. The molecule has 0 N–H and O–H groups in total. The van der Waals surface area contributed by atoms with Crippen molar-refractivity contribution >= 4 is 27.1 Å². The molecule has 11 heteroatoms. The van der Waals surface area contributed by atoms with Crippen molar-refractivity contribution in [1.82, 2.24) is 9.88 Å². The van der Waals surface area contributed by atoms with E-state index in [9.17, 15) is 26.4 Å². The van der Waals surface area contributed by atoms with E-state index in [1.807, 2.05) is 6.07 Å². The second kappa shape index (κ2) is 8.21. The minimum absolute atomic E-state index is 0.106. The first-order chi connectivity index (χ1) is 15.0. The van der Waals surface area contributed by atoms with Crippen molar-refractivity contribution in [1.29, 1.82) is 0 Å². The van der Waals surface area contributed by atoms with Crippen molar-refractivity contribution in [2.45, 2.75) is 23.5 Å². The van der Waals surface area contributed by atoms with Gasteiger partial charge in [-0.3, -0.25) is 4.79 Å². The minimum Gasteiger partial charge on any atom is -0.457 e. The number of alkyl halides is 3. The fraction of sp³-hybridized carbons (Fsp3) is 0.238. The molecule has 0 saturated heterocycles. The minimum atomic E-state index is -4.42. The highest BCUT2D eigenvalue weighted by Crippen LogP contribution is 2.32. The molecule has 1 amide bonds. The van der Waals surface area contributed by atoms with Gasteiger partial charge < -0.3 is 9.64 Å². The Hall–Kier alpha value is -2.92. The van der Waals surface area contributed by atoms with Gasteiger partial charge in [-0.05, 0) is 53.9 Å². The number of amides is 1. The topological polar surface area (TPSA) is 76.6 Å². The lowest BCUT2D eigenvalue weighted by Gasteiger charge is -2.28. The fourth-order valence-corrected chi connectivity index (χ4v) is 5.04. The van der Waals surface area contributed by atoms with Crippen molar-refractivity contribution in [3.8, 4) is 11.5 Å². The van der Waals surface area contributed by atoms with Crippen molar-refractivity contribution in [3.63, 3.8) is 0 Å². The maximum Gasteiger partial charge on any atom is 0.416 e. The van der Waals surface area contributed by atoms with Crippen LogP contribution < -0.4 is 4.74 Å². The zero-order chi connectivity index (χ0) is 23.1. The van der Waals surface area contributed by atoms with E-state index in [0.717, 1.165) is 40.9 Å². The van der Waals surface area contributed by atoms with Gasteiger partial charge in [-0.15, -0.1) is 0 Å². The van der Waals surface area contributed by atoms with E-state index in [-0.39, 0.29) is 20.9 Å². The maximum atomic E-state index is 12.8. The van der Waals surface area contributed by atoms with Gasteiger partial charge in [0, 0.05) is 19.3 Å². The predicted molar refractivity (Wildman–Crippen MR) is 112 cm³/mol.